The fourth-order valence-corrected chi connectivity index (χ4v) is 2.87. The Bertz CT molecular complexity index is 654. The first kappa shape index (κ1) is 14.5. The zero-order chi connectivity index (χ0) is 15.5. The molecule has 22 heavy (non-hydrogen) atoms. The van der Waals surface area contributed by atoms with Crippen molar-refractivity contribution in [2.75, 3.05) is 6.54 Å². The Morgan fingerprint density at radius 2 is 2.23 bits per heavy atom. The van der Waals surface area contributed by atoms with Crippen molar-refractivity contribution in [2.24, 2.45) is 5.73 Å². The van der Waals surface area contributed by atoms with Gasteiger partial charge in [0.15, 0.2) is 11.6 Å². The van der Waals surface area contributed by atoms with Crippen LogP contribution in [0.25, 0.3) is 5.82 Å². The van der Waals surface area contributed by atoms with Gasteiger partial charge >= 0.3 is 6.03 Å². The van der Waals surface area contributed by atoms with Gasteiger partial charge in [-0.2, -0.15) is 5.10 Å². The van der Waals surface area contributed by atoms with E-state index < -0.39 is 5.82 Å². The second-order valence-corrected chi connectivity index (χ2v) is 5.51. The summed E-state index contributed by atoms with van der Waals surface area (Å²) in [6, 6.07) is 3.48. The predicted octanol–water partition coefficient (Wildman–Crippen LogP) is 1.88. The lowest BCUT2D eigenvalue weighted by molar-refractivity contribution is 0.159. The number of amides is 2. The molecule has 0 radical (unpaired) electrons. The smallest absolute Gasteiger partial charge is 0.315 e. The fraction of sp³-hybridized carbons (Fsp3) is 0.400. The van der Waals surface area contributed by atoms with Crippen LogP contribution in [-0.2, 0) is 6.42 Å². The highest BCUT2D eigenvalue weighted by molar-refractivity contribution is 5.72. The Kier molecular flexibility index (Phi) is 4.04. The van der Waals surface area contributed by atoms with Gasteiger partial charge in [0.2, 0.25) is 0 Å². The van der Waals surface area contributed by atoms with Crippen LogP contribution in [0, 0.1) is 5.82 Å². The van der Waals surface area contributed by atoms with Gasteiger partial charge in [0.25, 0.3) is 0 Å². The summed E-state index contributed by atoms with van der Waals surface area (Å²) in [4.78, 5) is 17.5. The first-order valence-electron chi connectivity index (χ1n) is 7.35. The quantitative estimate of drug-likeness (QED) is 0.940. The number of likely N-dealkylation sites (tertiary alicyclic amines) is 1. The summed E-state index contributed by atoms with van der Waals surface area (Å²) >= 11 is 0. The minimum absolute atomic E-state index is 0.126. The van der Waals surface area contributed by atoms with E-state index in [0.29, 0.717) is 5.82 Å². The van der Waals surface area contributed by atoms with Crippen molar-refractivity contribution < 1.29 is 9.18 Å². The van der Waals surface area contributed by atoms with E-state index >= 15 is 0 Å². The monoisotopic (exact) mass is 303 g/mol. The normalized spacial score (nSPS) is 18.4. The summed E-state index contributed by atoms with van der Waals surface area (Å²) in [5, 5.41) is 3.88. The molecule has 6 nitrogen and oxygen atoms in total. The number of pyridine rings is 1. The van der Waals surface area contributed by atoms with Crippen LogP contribution >= 0.6 is 0 Å². The van der Waals surface area contributed by atoms with Crippen LogP contribution in [-0.4, -0.2) is 38.3 Å². The number of nitrogens with two attached hydrogens (primary N) is 1. The van der Waals surface area contributed by atoms with Gasteiger partial charge < -0.3 is 10.6 Å². The number of hydrogen-bond acceptors (Lipinski definition) is 3. The maximum atomic E-state index is 13.0. The van der Waals surface area contributed by atoms with E-state index in [2.05, 4.69) is 10.1 Å². The van der Waals surface area contributed by atoms with Gasteiger partial charge in [-0.3, -0.25) is 0 Å². The van der Waals surface area contributed by atoms with Gasteiger partial charge in [0, 0.05) is 18.8 Å². The molecule has 1 fully saturated rings. The molecule has 0 aromatic carbocycles. The minimum Gasteiger partial charge on any atom is -0.351 e. The van der Waals surface area contributed by atoms with Crippen molar-refractivity contribution in [3.63, 3.8) is 0 Å². The molecule has 1 saturated heterocycles. The molecule has 2 aromatic rings. The van der Waals surface area contributed by atoms with Gasteiger partial charge in [-0.05, 0) is 37.3 Å². The maximum Gasteiger partial charge on any atom is 0.315 e. The summed E-state index contributed by atoms with van der Waals surface area (Å²) in [5.74, 6) is 0.160. The summed E-state index contributed by atoms with van der Waals surface area (Å²) in [5.41, 5.74) is 6.46. The minimum atomic E-state index is -0.398. The largest absolute Gasteiger partial charge is 0.351 e. The lowest BCUT2D eigenvalue weighted by Gasteiger charge is -2.34. The van der Waals surface area contributed by atoms with Crippen molar-refractivity contribution in [1.82, 2.24) is 19.7 Å². The predicted molar refractivity (Wildman–Crippen MR) is 78.9 cm³/mol. The summed E-state index contributed by atoms with van der Waals surface area (Å²) in [7, 11) is 0. The molecule has 0 spiro atoms. The zero-order valence-corrected chi connectivity index (χ0v) is 12.2. The van der Waals surface area contributed by atoms with Crippen molar-refractivity contribution >= 4 is 6.03 Å². The number of primary amides is 1. The van der Waals surface area contributed by atoms with Gasteiger partial charge in [0.1, 0.15) is 0 Å². The Labute approximate surface area is 127 Å². The molecule has 1 atom stereocenters. The molecular weight excluding hydrogens is 285 g/mol. The average molecular weight is 303 g/mol. The molecule has 7 heteroatoms. The van der Waals surface area contributed by atoms with E-state index in [1.807, 2.05) is 6.07 Å². The average Bonchev–Trinajstić information content (AvgIpc) is 2.95. The van der Waals surface area contributed by atoms with Gasteiger partial charge in [-0.1, -0.05) is 6.07 Å². The van der Waals surface area contributed by atoms with Crippen LogP contribution in [0.15, 0.2) is 30.7 Å². The molecule has 1 unspecified atom stereocenters. The highest BCUT2D eigenvalue weighted by Gasteiger charge is 2.25. The number of nitrogens with zero attached hydrogens (tertiary/aromatic N) is 4. The van der Waals surface area contributed by atoms with E-state index in [0.717, 1.165) is 44.0 Å². The van der Waals surface area contributed by atoms with E-state index in [1.165, 1.54) is 10.9 Å². The Balaban J connectivity index is 1.71. The van der Waals surface area contributed by atoms with Crippen LogP contribution < -0.4 is 5.73 Å². The Morgan fingerprint density at radius 3 is 2.86 bits per heavy atom. The fourth-order valence-electron chi connectivity index (χ4n) is 2.87. The number of urea groups is 1. The second-order valence-electron chi connectivity index (χ2n) is 5.51. The third-order valence-electron chi connectivity index (χ3n) is 3.98. The topological polar surface area (TPSA) is 77.0 Å². The molecule has 3 rings (SSSR count). The summed E-state index contributed by atoms with van der Waals surface area (Å²) in [6.45, 7) is 0.720. The molecule has 3 heterocycles. The van der Waals surface area contributed by atoms with Gasteiger partial charge in [-0.25, -0.2) is 18.9 Å². The Hall–Kier alpha value is -2.44. The van der Waals surface area contributed by atoms with Gasteiger partial charge in [0.05, 0.1) is 12.4 Å². The van der Waals surface area contributed by atoms with Crippen LogP contribution in [0.4, 0.5) is 9.18 Å². The van der Waals surface area contributed by atoms with Crippen molar-refractivity contribution in [3.8, 4) is 5.82 Å². The number of carbonyl (C=O) groups excluding carboxylic acids is 1. The standard InChI is InChI=1S/C15H18FN5O/c16-12-9-19-21(10-12)14-5-4-11(8-18-14)7-13-3-1-2-6-20(13)15(17)22/h4-5,8-10,13H,1-3,6-7H2,(H2,17,22). The lowest BCUT2D eigenvalue weighted by atomic mass is 9.96. The van der Waals surface area contributed by atoms with Crippen LogP contribution in [0.5, 0.6) is 0 Å². The van der Waals surface area contributed by atoms with E-state index in [-0.39, 0.29) is 12.1 Å². The molecule has 2 N–H and O–H groups in total. The SMILES string of the molecule is NC(=O)N1CCCCC1Cc1ccc(-n2cc(F)cn2)nc1. The molecule has 0 aliphatic carbocycles. The first-order chi connectivity index (χ1) is 10.6. The zero-order valence-electron chi connectivity index (χ0n) is 12.2. The molecular formula is C15H18FN5O. The third-order valence-corrected chi connectivity index (χ3v) is 3.98. The van der Waals surface area contributed by atoms with Crippen LogP contribution in [0.2, 0.25) is 0 Å². The van der Waals surface area contributed by atoms with E-state index in [4.69, 9.17) is 5.73 Å². The molecule has 2 aromatic heterocycles. The number of halogens is 1. The number of piperidine rings is 1. The molecule has 0 bridgehead atoms. The first-order valence-corrected chi connectivity index (χ1v) is 7.35. The molecule has 0 saturated carbocycles. The Morgan fingerprint density at radius 1 is 1.36 bits per heavy atom. The number of rotatable bonds is 3. The van der Waals surface area contributed by atoms with Crippen LogP contribution in [0.3, 0.4) is 0 Å². The lowest BCUT2D eigenvalue weighted by Crippen LogP contribution is -2.47. The van der Waals surface area contributed by atoms with E-state index in [9.17, 15) is 9.18 Å². The van der Waals surface area contributed by atoms with E-state index in [1.54, 1.807) is 17.2 Å². The van der Waals surface area contributed by atoms with Crippen molar-refractivity contribution in [2.45, 2.75) is 31.7 Å². The molecule has 1 aliphatic rings. The van der Waals surface area contributed by atoms with Crippen LogP contribution in [0.1, 0.15) is 24.8 Å². The highest BCUT2D eigenvalue weighted by atomic mass is 19.1. The number of carbonyl (C=O) groups is 1. The highest BCUT2D eigenvalue weighted by Crippen LogP contribution is 2.20. The van der Waals surface area contributed by atoms with Crippen molar-refractivity contribution in [1.29, 1.82) is 0 Å². The van der Waals surface area contributed by atoms with Gasteiger partial charge in [-0.15, -0.1) is 0 Å². The number of aromatic nitrogens is 3. The summed E-state index contributed by atoms with van der Waals surface area (Å²) in [6.07, 6.45) is 7.94. The van der Waals surface area contributed by atoms with Crippen molar-refractivity contribution in [3.05, 3.63) is 42.1 Å². The molecule has 1 aliphatic heterocycles. The molecule has 116 valence electrons. The third kappa shape index (κ3) is 3.08. The second kappa shape index (κ2) is 6.13. The maximum absolute atomic E-state index is 13.0. The number of hydrogen-bond donors (Lipinski definition) is 1. The summed E-state index contributed by atoms with van der Waals surface area (Å²) < 4.78 is 14.3. The molecule has 2 amide bonds.